The number of amides is 2. The van der Waals surface area contributed by atoms with E-state index in [1.807, 2.05) is 24.3 Å². The van der Waals surface area contributed by atoms with E-state index in [4.69, 9.17) is 0 Å². The molecule has 2 aromatic carbocycles. The lowest BCUT2D eigenvalue weighted by molar-refractivity contribution is -0.384. The highest BCUT2D eigenvalue weighted by Gasteiger charge is 2.35. The quantitative estimate of drug-likeness (QED) is 0.411. The van der Waals surface area contributed by atoms with Gasteiger partial charge in [-0.05, 0) is 41.1 Å². The zero-order valence-electron chi connectivity index (χ0n) is 12.7. The number of imide groups is 1. The van der Waals surface area contributed by atoms with Crippen molar-refractivity contribution >= 4 is 50.6 Å². The van der Waals surface area contributed by atoms with Gasteiger partial charge in [0.05, 0.1) is 16.4 Å². The number of benzene rings is 2. The first-order valence-corrected chi connectivity index (χ1v) is 8.79. The highest BCUT2D eigenvalue weighted by Crippen LogP contribution is 2.33. The zero-order chi connectivity index (χ0) is 18.0. The van der Waals surface area contributed by atoms with E-state index in [0.29, 0.717) is 10.5 Å². The minimum absolute atomic E-state index is 0.0348. The van der Waals surface area contributed by atoms with E-state index in [9.17, 15) is 19.7 Å². The van der Waals surface area contributed by atoms with Gasteiger partial charge in [-0.3, -0.25) is 24.6 Å². The van der Waals surface area contributed by atoms with Crippen molar-refractivity contribution in [3.05, 3.63) is 79.2 Å². The lowest BCUT2D eigenvalue weighted by Gasteiger charge is -2.12. The molecule has 0 saturated carbocycles. The smallest absolute Gasteiger partial charge is 0.268 e. The maximum Gasteiger partial charge on any atom is 0.293 e. The number of non-ortho nitro benzene ring substituents is 1. The fourth-order valence-corrected chi connectivity index (χ4v) is 3.54. The van der Waals surface area contributed by atoms with E-state index in [1.54, 1.807) is 18.2 Å². The van der Waals surface area contributed by atoms with Crippen molar-refractivity contribution in [2.45, 2.75) is 6.54 Å². The summed E-state index contributed by atoms with van der Waals surface area (Å²) in [5.74, 6) is -0.367. The van der Waals surface area contributed by atoms with E-state index in [2.05, 4.69) is 15.9 Å². The number of carbonyl (C=O) groups excluding carboxylic acids is 2. The highest BCUT2D eigenvalue weighted by atomic mass is 79.9. The number of hydrogen-bond donors (Lipinski definition) is 0. The molecule has 2 amide bonds. The van der Waals surface area contributed by atoms with E-state index in [0.717, 1.165) is 26.7 Å². The van der Waals surface area contributed by atoms with Crippen molar-refractivity contribution in [2.24, 2.45) is 0 Å². The molecule has 1 saturated heterocycles. The van der Waals surface area contributed by atoms with Crippen LogP contribution < -0.4 is 0 Å². The van der Waals surface area contributed by atoms with Gasteiger partial charge in [0, 0.05) is 16.6 Å². The molecule has 0 unspecified atom stereocenters. The van der Waals surface area contributed by atoms with Crippen LogP contribution in [0.2, 0.25) is 0 Å². The summed E-state index contributed by atoms with van der Waals surface area (Å²) < 4.78 is 0.881. The molecule has 1 fully saturated rings. The Kier molecular flexibility index (Phi) is 5.00. The van der Waals surface area contributed by atoms with Gasteiger partial charge < -0.3 is 0 Å². The largest absolute Gasteiger partial charge is 0.293 e. The Balaban J connectivity index is 1.78. The number of nitro groups is 1. The Labute approximate surface area is 155 Å². The lowest BCUT2D eigenvalue weighted by Crippen LogP contribution is -2.27. The molecule has 0 atom stereocenters. The predicted octanol–water partition coefficient (Wildman–Crippen LogP) is 4.59. The van der Waals surface area contributed by atoms with Crippen LogP contribution >= 0.6 is 27.7 Å². The van der Waals surface area contributed by atoms with Crippen molar-refractivity contribution < 1.29 is 14.5 Å². The summed E-state index contributed by atoms with van der Waals surface area (Å²) in [6.45, 7) is 0.0818. The zero-order valence-corrected chi connectivity index (χ0v) is 15.1. The molecule has 0 bridgehead atoms. The topological polar surface area (TPSA) is 80.5 Å². The van der Waals surface area contributed by atoms with Gasteiger partial charge in [-0.2, -0.15) is 0 Å². The van der Waals surface area contributed by atoms with E-state index >= 15 is 0 Å². The minimum atomic E-state index is -0.495. The van der Waals surface area contributed by atoms with Crippen LogP contribution in [0.15, 0.2) is 57.9 Å². The second kappa shape index (κ2) is 7.20. The van der Waals surface area contributed by atoms with Gasteiger partial charge in [0.15, 0.2) is 0 Å². The summed E-state index contributed by atoms with van der Waals surface area (Å²) in [6.07, 6.45) is 1.67. The van der Waals surface area contributed by atoms with Crippen molar-refractivity contribution in [1.82, 2.24) is 4.90 Å². The molecule has 3 rings (SSSR count). The molecule has 6 nitrogen and oxygen atoms in total. The van der Waals surface area contributed by atoms with Crippen LogP contribution in [0.5, 0.6) is 0 Å². The molecule has 0 N–H and O–H groups in total. The first-order chi connectivity index (χ1) is 11.9. The monoisotopic (exact) mass is 418 g/mol. The molecule has 0 aromatic heterocycles. The van der Waals surface area contributed by atoms with E-state index in [-0.39, 0.29) is 23.4 Å². The van der Waals surface area contributed by atoms with Crippen LogP contribution in [0.3, 0.4) is 0 Å². The fraction of sp³-hybridized carbons (Fsp3) is 0.0588. The third kappa shape index (κ3) is 3.97. The Morgan fingerprint density at radius 1 is 1.16 bits per heavy atom. The number of nitrogens with zero attached hydrogens (tertiary/aromatic N) is 2. The number of thioether (sulfide) groups is 1. The number of hydrogen-bond acceptors (Lipinski definition) is 5. The van der Waals surface area contributed by atoms with E-state index in [1.165, 1.54) is 12.1 Å². The van der Waals surface area contributed by atoms with Crippen molar-refractivity contribution in [3.63, 3.8) is 0 Å². The second-order valence-electron chi connectivity index (χ2n) is 5.25. The average Bonchev–Trinajstić information content (AvgIpc) is 2.83. The molecule has 1 heterocycles. The van der Waals surface area contributed by atoms with Crippen molar-refractivity contribution in [1.29, 1.82) is 0 Å². The SMILES string of the molecule is O=C1SC(=Cc2cccc(Br)c2)C(=O)N1Cc1ccc([N+](=O)[O-])cc1. The molecule has 8 heteroatoms. The minimum Gasteiger partial charge on any atom is -0.268 e. The van der Waals surface area contributed by atoms with Gasteiger partial charge in [0.1, 0.15) is 0 Å². The summed E-state index contributed by atoms with van der Waals surface area (Å²) >= 11 is 4.25. The van der Waals surface area contributed by atoms with Crippen LogP contribution in [0.25, 0.3) is 6.08 Å². The van der Waals surface area contributed by atoms with Crippen LogP contribution in [-0.4, -0.2) is 21.0 Å². The van der Waals surface area contributed by atoms with Crippen molar-refractivity contribution in [3.8, 4) is 0 Å². The van der Waals surface area contributed by atoms with Gasteiger partial charge in [-0.15, -0.1) is 0 Å². The summed E-state index contributed by atoms with van der Waals surface area (Å²) in [7, 11) is 0. The molecule has 0 radical (unpaired) electrons. The Bertz CT molecular complexity index is 896. The standard InChI is InChI=1S/C17H11BrN2O4S/c18-13-3-1-2-12(8-13)9-15-16(21)19(17(22)25-15)10-11-4-6-14(7-5-11)20(23)24/h1-9H,10H2. The number of halogens is 1. The summed E-state index contributed by atoms with van der Waals surface area (Å²) in [5, 5.41) is 10.3. The van der Waals surface area contributed by atoms with Gasteiger partial charge in [-0.1, -0.05) is 40.2 Å². The first kappa shape index (κ1) is 17.4. The van der Waals surface area contributed by atoms with Crippen LogP contribution in [0.4, 0.5) is 10.5 Å². The maximum atomic E-state index is 12.5. The molecule has 1 aliphatic heterocycles. The molecule has 1 aliphatic rings. The molecule has 126 valence electrons. The summed E-state index contributed by atoms with van der Waals surface area (Å²) in [6, 6.07) is 13.2. The number of nitro benzene ring substituents is 1. The molecular weight excluding hydrogens is 408 g/mol. The predicted molar refractivity (Wildman–Crippen MR) is 98.8 cm³/mol. The maximum absolute atomic E-state index is 12.5. The lowest BCUT2D eigenvalue weighted by atomic mass is 10.2. The third-order valence-corrected chi connectivity index (χ3v) is 4.91. The highest BCUT2D eigenvalue weighted by molar-refractivity contribution is 9.10. The fourth-order valence-electron chi connectivity index (χ4n) is 2.29. The van der Waals surface area contributed by atoms with Gasteiger partial charge in [-0.25, -0.2) is 0 Å². The van der Waals surface area contributed by atoms with Crippen LogP contribution in [0, 0.1) is 10.1 Å². The number of rotatable bonds is 4. The molecule has 25 heavy (non-hydrogen) atoms. The third-order valence-electron chi connectivity index (χ3n) is 3.51. The van der Waals surface area contributed by atoms with Gasteiger partial charge in [0.2, 0.25) is 0 Å². The van der Waals surface area contributed by atoms with Gasteiger partial charge >= 0.3 is 0 Å². The summed E-state index contributed by atoms with van der Waals surface area (Å²) in [5.41, 5.74) is 1.43. The molecule has 0 spiro atoms. The second-order valence-corrected chi connectivity index (χ2v) is 7.16. The number of carbonyl (C=O) groups is 2. The average molecular weight is 419 g/mol. The molecular formula is C17H11BrN2O4S. The van der Waals surface area contributed by atoms with Gasteiger partial charge in [0.25, 0.3) is 16.8 Å². The first-order valence-electron chi connectivity index (χ1n) is 7.18. The van der Waals surface area contributed by atoms with Crippen LogP contribution in [0.1, 0.15) is 11.1 Å². The van der Waals surface area contributed by atoms with Crippen molar-refractivity contribution in [2.75, 3.05) is 0 Å². The molecule has 2 aromatic rings. The molecule has 0 aliphatic carbocycles. The summed E-state index contributed by atoms with van der Waals surface area (Å²) in [4.78, 5) is 36.3. The Morgan fingerprint density at radius 2 is 1.88 bits per heavy atom. The van der Waals surface area contributed by atoms with Crippen LogP contribution in [-0.2, 0) is 11.3 Å². The van der Waals surface area contributed by atoms with E-state index < -0.39 is 4.92 Å². The Morgan fingerprint density at radius 3 is 2.52 bits per heavy atom. The Hall–Kier alpha value is -2.45. The normalized spacial score (nSPS) is 15.9.